The van der Waals surface area contributed by atoms with Crippen LogP contribution in [-0.4, -0.2) is 12.1 Å². The van der Waals surface area contributed by atoms with Crippen LogP contribution in [0.2, 0.25) is 10.0 Å². The van der Waals surface area contributed by atoms with Crippen molar-refractivity contribution in [3.63, 3.8) is 0 Å². The first-order chi connectivity index (χ1) is 15.2. The molecule has 1 N–H and O–H groups in total. The number of alkyl halides is 3. The second-order valence-corrected chi connectivity index (χ2v) is 7.31. The number of benzene rings is 3. The van der Waals surface area contributed by atoms with Gasteiger partial charge in [0.05, 0.1) is 0 Å². The summed E-state index contributed by atoms with van der Waals surface area (Å²) < 4.78 is 46.1. The van der Waals surface area contributed by atoms with Crippen molar-refractivity contribution < 1.29 is 27.4 Å². The van der Waals surface area contributed by atoms with E-state index in [1.165, 1.54) is 36.5 Å². The first-order valence-corrected chi connectivity index (χ1v) is 9.95. The highest BCUT2D eigenvalue weighted by molar-refractivity contribution is 6.35. The SMILES string of the molecule is O=C(C=CNc1ccc(OC(F)(F)F)cc1)c1cccc(OCc2ccc(Cl)cc2Cl)c1. The van der Waals surface area contributed by atoms with Crippen molar-refractivity contribution in [1.29, 1.82) is 0 Å². The highest BCUT2D eigenvalue weighted by atomic mass is 35.5. The van der Waals surface area contributed by atoms with Gasteiger partial charge in [-0.25, -0.2) is 0 Å². The molecule has 0 aromatic heterocycles. The van der Waals surface area contributed by atoms with Crippen molar-refractivity contribution in [2.75, 3.05) is 5.32 Å². The number of carbonyl (C=O) groups excluding carboxylic acids is 1. The van der Waals surface area contributed by atoms with Crippen molar-refractivity contribution in [2.45, 2.75) is 13.0 Å². The normalized spacial score (nSPS) is 11.4. The predicted octanol–water partition coefficient (Wildman–Crippen LogP) is 7.28. The van der Waals surface area contributed by atoms with Gasteiger partial charge in [-0.2, -0.15) is 0 Å². The van der Waals surface area contributed by atoms with Gasteiger partial charge in [0.25, 0.3) is 0 Å². The molecule has 0 atom stereocenters. The Kier molecular flexibility index (Phi) is 7.66. The third-order valence-corrected chi connectivity index (χ3v) is 4.69. The molecule has 0 fully saturated rings. The summed E-state index contributed by atoms with van der Waals surface area (Å²) >= 11 is 12.0. The monoisotopic (exact) mass is 481 g/mol. The van der Waals surface area contributed by atoms with E-state index >= 15 is 0 Å². The molecule has 0 radical (unpaired) electrons. The standard InChI is InChI=1S/C23H16Cl2F3NO3/c24-17-5-4-16(21(25)13-17)14-31-20-3-1-2-15(12-20)22(30)10-11-29-18-6-8-19(9-7-18)32-23(26,27)28/h1-13,29H,14H2. The quantitative estimate of drug-likeness (QED) is 0.271. The van der Waals surface area contributed by atoms with Gasteiger partial charge in [-0.3, -0.25) is 4.79 Å². The van der Waals surface area contributed by atoms with Gasteiger partial charge in [-0.05, 0) is 48.5 Å². The summed E-state index contributed by atoms with van der Waals surface area (Å²) in [6.07, 6.45) is -2.06. The second kappa shape index (κ2) is 10.4. The number of anilines is 1. The summed E-state index contributed by atoms with van der Waals surface area (Å²) in [5.74, 6) is -0.132. The average Bonchev–Trinajstić information content (AvgIpc) is 2.73. The molecule has 4 nitrogen and oxygen atoms in total. The first kappa shape index (κ1) is 23.5. The lowest BCUT2D eigenvalue weighted by atomic mass is 10.1. The van der Waals surface area contributed by atoms with Crippen LogP contribution in [0.4, 0.5) is 18.9 Å². The predicted molar refractivity (Wildman–Crippen MR) is 117 cm³/mol. The molecule has 0 bridgehead atoms. The van der Waals surface area contributed by atoms with Crippen LogP contribution in [0.5, 0.6) is 11.5 Å². The smallest absolute Gasteiger partial charge is 0.489 e. The molecular formula is C23H16Cl2F3NO3. The minimum atomic E-state index is -4.75. The van der Waals surface area contributed by atoms with Crippen LogP contribution in [0.25, 0.3) is 0 Å². The van der Waals surface area contributed by atoms with Gasteiger partial charge >= 0.3 is 6.36 Å². The summed E-state index contributed by atoms with van der Waals surface area (Å²) in [7, 11) is 0. The van der Waals surface area contributed by atoms with Gasteiger partial charge in [0, 0.05) is 39.1 Å². The number of hydrogen-bond donors (Lipinski definition) is 1. The zero-order valence-corrected chi connectivity index (χ0v) is 17.8. The molecule has 166 valence electrons. The van der Waals surface area contributed by atoms with Crippen LogP contribution < -0.4 is 14.8 Å². The number of ketones is 1. The van der Waals surface area contributed by atoms with E-state index in [1.807, 2.05) is 0 Å². The van der Waals surface area contributed by atoms with Crippen LogP contribution in [0.15, 0.2) is 79.0 Å². The van der Waals surface area contributed by atoms with Crippen molar-refractivity contribution in [2.24, 2.45) is 0 Å². The Morgan fingerprint density at radius 3 is 2.41 bits per heavy atom. The molecule has 0 heterocycles. The Morgan fingerprint density at radius 2 is 1.72 bits per heavy atom. The van der Waals surface area contributed by atoms with Gasteiger partial charge in [-0.15, -0.1) is 13.2 Å². The average molecular weight is 482 g/mol. The third kappa shape index (κ3) is 7.21. The van der Waals surface area contributed by atoms with Crippen LogP contribution in [0.3, 0.4) is 0 Å². The summed E-state index contributed by atoms with van der Waals surface area (Å²) in [6.45, 7) is 0.207. The fraction of sp³-hybridized carbons (Fsp3) is 0.0870. The van der Waals surface area contributed by atoms with Gasteiger partial charge in [-0.1, -0.05) is 41.4 Å². The molecule has 32 heavy (non-hydrogen) atoms. The number of hydrogen-bond acceptors (Lipinski definition) is 4. The Balaban J connectivity index is 1.56. The summed E-state index contributed by atoms with van der Waals surface area (Å²) in [6, 6.07) is 16.8. The molecule has 0 aliphatic rings. The molecule has 9 heteroatoms. The molecule has 0 aliphatic heterocycles. The van der Waals surface area contributed by atoms with E-state index in [1.54, 1.807) is 42.5 Å². The molecule has 0 saturated heterocycles. The number of ether oxygens (including phenoxy) is 2. The van der Waals surface area contributed by atoms with E-state index < -0.39 is 6.36 Å². The van der Waals surface area contributed by atoms with Crippen LogP contribution in [-0.2, 0) is 6.61 Å². The molecule has 3 aromatic carbocycles. The largest absolute Gasteiger partial charge is 0.573 e. The van der Waals surface area contributed by atoms with Crippen molar-refractivity contribution in [3.05, 3.63) is 100 Å². The van der Waals surface area contributed by atoms with Crippen molar-refractivity contribution in [1.82, 2.24) is 0 Å². The van der Waals surface area contributed by atoms with E-state index in [9.17, 15) is 18.0 Å². The lowest BCUT2D eigenvalue weighted by molar-refractivity contribution is -0.274. The zero-order valence-electron chi connectivity index (χ0n) is 16.3. The van der Waals surface area contributed by atoms with Gasteiger partial charge in [0.2, 0.25) is 0 Å². The number of halogens is 5. The van der Waals surface area contributed by atoms with Crippen LogP contribution in [0, 0.1) is 0 Å². The Bertz CT molecular complexity index is 1120. The van der Waals surface area contributed by atoms with Gasteiger partial charge < -0.3 is 14.8 Å². The van der Waals surface area contributed by atoms with E-state index in [2.05, 4.69) is 10.1 Å². The number of carbonyl (C=O) groups is 1. The Labute approximate surface area is 192 Å². The summed E-state index contributed by atoms with van der Waals surface area (Å²) in [5.41, 5.74) is 1.64. The number of nitrogens with one attached hydrogen (secondary N) is 1. The molecule has 0 amide bonds. The highest BCUT2D eigenvalue weighted by Crippen LogP contribution is 2.25. The lowest BCUT2D eigenvalue weighted by Crippen LogP contribution is -2.16. The zero-order chi connectivity index (χ0) is 23.1. The number of rotatable bonds is 8. The first-order valence-electron chi connectivity index (χ1n) is 9.20. The molecule has 3 rings (SSSR count). The van der Waals surface area contributed by atoms with Crippen LogP contribution >= 0.6 is 23.2 Å². The Hall–Kier alpha value is -3.16. The van der Waals surface area contributed by atoms with Crippen molar-refractivity contribution >= 4 is 34.7 Å². The summed E-state index contributed by atoms with van der Waals surface area (Å²) in [5, 5.41) is 3.82. The lowest BCUT2D eigenvalue weighted by Gasteiger charge is -2.09. The maximum Gasteiger partial charge on any atom is 0.573 e. The Morgan fingerprint density at radius 1 is 0.969 bits per heavy atom. The topological polar surface area (TPSA) is 47.6 Å². The summed E-state index contributed by atoms with van der Waals surface area (Å²) in [4.78, 5) is 12.4. The molecule has 0 aliphatic carbocycles. The van der Waals surface area contributed by atoms with E-state index in [4.69, 9.17) is 27.9 Å². The van der Waals surface area contributed by atoms with Gasteiger partial charge in [0.15, 0.2) is 5.78 Å². The molecule has 3 aromatic rings. The minimum Gasteiger partial charge on any atom is -0.489 e. The molecular weight excluding hydrogens is 466 g/mol. The van der Waals surface area contributed by atoms with Gasteiger partial charge in [0.1, 0.15) is 18.1 Å². The third-order valence-electron chi connectivity index (χ3n) is 4.10. The minimum absolute atomic E-state index is 0.207. The van der Waals surface area contributed by atoms with Crippen molar-refractivity contribution in [3.8, 4) is 11.5 Å². The number of allylic oxidation sites excluding steroid dienone is 1. The van der Waals surface area contributed by atoms with E-state index in [-0.39, 0.29) is 18.1 Å². The van der Waals surface area contributed by atoms with Crippen LogP contribution in [0.1, 0.15) is 15.9 Å². The maximum atomic E-state index is 12.4. The fourth-order valence-electron chi connectivity index (χ4n) is 2.60. The second-order valence-electron chi connectivity index (χ2n) is 6.47. The highest BCUT2D eigenvalue weighted by Gasteiger charge is 2.30. The fourth-order valence-corrected chi connectivity index (χ4v) is 3.06. The van der Waals surface area contributed by atoms with E-state index in [0.29, 0.717) is 27.0 Å². The van der Waals surface area contributed by atoms with E-state index in [0.717, 1.165) is 5.56 Å². The molecule has 0 saturated carbocycles. The maximum absolute atomic E-state index is 12.4. The molecule has 0 unspecified atom stereocenters. The molecule has 0 spiro atoms.